The zero-order valence-corrected chi connectivity index (χ0v) is 12.9. The minimum atomic E-state index is -0.209. The minimum Gasteiger partial charge on any atom is -0.374 e. The predicted octanol–water partition coefficient (Wildman–Crippen LogP) is 2.64. The van der Waals surface area contributed by atoms with E-state index in [4.69, 9.17) is 9.26 Å². The maximum absolute atomic E-state index is 5.24. The average Bonchev–Trinajstić information content (AvgIpc) is 3.13. The maximum Gasteiger partial charge on any atom is 0.259 e. The van der Waals surface area contributed by atoms with Crippen molar-refractivity contribution in [1.82, 2.24) is 24.9 Å². The minimum absolute atomic E-state index is 0.209. The molecular formula is C15H17N5O2. The van der Waals surface area contributed by atoms with Gasteiger partial charge in [0.05, 0.1) is 11.3 Å². The standard InChI is InChI=1S/C15H17N5O2/c1-9-7-10(2)20(18-9)13-6-5-12(8-16-13)15-17-14(19-22-15)11(3)21-4/h5-8,11H,1-4H3/t11-/m0/s1. The molecule has 0 bridgehead atoms. The van der Waals surface area contributed by atoms with Crippen LogP contribution in [0.3, 0.4) is 0 Å². The molecule has 0 aromatic carbocycles. The van der Waals surface area contributed by atoms with Crippen LogP contribution in [0.5, 0.6) is 0 Å². The second-order valence-electron chi connectivity index (χ2n) is 5.08. The van der Waals surface area contributed by atoms with E-state index >= 15 is 0 Å². The lowest BCUT2D eigenvalue weighted by Gasteiger charge is -2.03. The van der Waals surface area contributed by atoms with Gasteiger partial charge in [-0.05, 0) is 39.0 Å². The van der Waals surface area contributed by atoms with Gasteiger partial charge in [-0.1, -0.05) is 5.16 Å². The molecule has 0 N–H and O–H groups in total. The molecule has 3 rings (SSSR count). The Morgan fingerprint density at radius 2 is 2.09 bits per heavy atom. The van der Waals surface area contributed by atoms with Gasteiger partial charge in [0.2, 0.25) is 5.82 Å². The number of pyridine rings is 1. The molecule has 0 radical (unpaired) electrons. The molecule has 7 nitrogen and oxygen atoms in total. The van der Waals surface area contributed by atoms with E-state index < -0.39 is 0 Å². The van der Waals surface area contributed by atoms with Crippen molar-refractivity contribution in [3.63, 3.8) is 0 Å². The Kier molecular flexibility index (Phi) is 3.72. The van der Waals surface area contributed by atoms with Gasteiger partial charge in [-0.2, -0.15) is 10.1 Å². The summed E-state index contributed by atoms with van der Waals surface area (Å²) in [4.78, 5) is 8.73. The van der Waals surface area contributed by atoms with Crippen molar-refractivity contribution < 1.29 is 9.26 Å². The van der Waals surface area contributed by atoms with E-state index in [-0.39, 0.29) is 6.10 Å². The van der Waals surface area contributed by atoms with Crippen LogP contribution in [0.1, 0.15) is 30.2 Å². The van der Waals surface area contributed by atoms with Crippen LogP contribution in [-0.2, 0) is 4.74 Å². The monoisotopic (exact) mass is 299 g/mol. The molecule has 0 saturated heterocycles. The van der Waals surface area contributed by atoms with E-state index in [9.17, 15) is 0 Å². The van der Waals surface area contributed by atoms with Crippen molar-refractivity contribution >= 4 is 0 Å². The first kappa shape index (κ1) is 14.4. The molecular weight excluding hydrogens is 282 g/mol. The topological polar surface area (TPSA) is 78.9 Å². The highest BCUT2D eigenvalue weighted by atomic mass is 16.5. The molecule has 0 fully saturated rings. The van der Waals surface area contributed by atoms with E-state index in [0.29, 0.717) is 11.7 Å². The first-order chi connectivity index (χ1) is 10.6. The number of aromatic nitrogens is 5. The van der Waals surface area contributed by atoms with Crippen molar-refractivity contribution in [1.29, 1.82) is 0 Å². The van der Waals surface area contributed by atoms with Crippen molar-refractivity contribution in [3.05, 3.63) is 41.6 Å². The summed E-state index contributed by atoms with van der Waals surface area (Å²) in [5.74, 6) is 1.69. The molecule has 7 heteroatoms. The Bertz CT molecular complexity index is 776. The molecule has 0 amide bonds. The van der Waals surface area contributed by atoms with Gasteiger partial charge in [-0.25, -0.2) is 9.67 Å². The Balaban J connectivity index is 1.88. The normalized spacial score (nSPS) is 12.5. The van der Waals surface area contributed by atoms with Crippen LogP contribution in [-0.4, -0.2) is 32.0 Å². The summed E-state index contributed by atoms with van der Waals surface area (Å²) in [6.07, 6.45) is 1.49. The first-order valence-electron chi connectivity index (χ1n) is 6.95. The molecule has 0 aliphatic carbocycles. The summed E-state index contributed by atoms with van der Waals surface area (Å²) in [5, 5.41) is 8.31. The molecule has 0 aliphatic heterocycles. The summed E-state index contributed by atoms with van der Waals surface area (Å²) in [7, 11) is 1.60. The van der Waals surface area contributed by atoms with Crippen LogP contribution in [0.4, 0.5) is 0 Å². The molecule has 0 saturated carbocycles. The number of ether oxygens (including phenoxy) is 1. The average molecular weight is 299 g/mol. The van der Waals surface area contributed by atoms with Gasteiger partial charge in [-0.3, -0.25) is 0 Å². The molecule has 22 heavy (non-hydrogen) atoms. The Morgan fingerprint density at radius 1 is 1.27 bits per heavy atom. The molecule has 3 aromatic rings. The third kappa shape index (κ3) is 2.62. The van der Waals surface area contributed by atoms with E-state index in [0.717, 1.165) is 22.8 Å². The van der Waals surface area contributed by atoms with Crippen molar-refractivity contribution in [2.75, 3.05) is 7.11 Å². The highest BCUT2D eigenvalue weighted by molar-refractivity contribution is 5.52. The smallest absolute Gasteiger partial charge is 0.259 e. The fourth-order valence-electron chi connectivity index (χ4n) is 2.12. The Labute approximate surface area is 127 Å². The zero-order chi connectivity index (χ0) is 15.7. The van der Waals surface area contributed by atoms with Crippen LogP contribution < -0.4 is 0 Å². The highest BCUT2D eigenvalue weighted by Crippen LogP contribution is 2.20. The first-order valence-corrected chi connectivity index (χ1v) is 6.95. The lowest BCUT2D eigenvalue weighted by Crippen LogP contribution is -2.01. The lowest BCUT2D eigenvalue weighted by atomic mass is 10.3. The van der Waals surface area contributed by atoms with Crippen LogP contribution in [0, 0.1) is 13.8 Å². The SMILES string of the molecule is CO[C@@H](C)c1noc(-c2ccc(-n3nc(C)cc3C)nc2)n1. The molecule has 0 spiro atoms. The summed E-state index contributed by atoms with van der Waals surface area (Å²) >= 11 is 0. The molecule has 1 atom stereocenters. The van der Waals surface area contributed by atoms with Crippen LogP contribution in [0.2, 0.25) is 0 Å². The van der Waals surface area contributed by atoms with Crippen molar-refractivity contribution in [3.8, 4) is 17.3 Å². The second-order valence-corrected chi connectivity index (χ2v) is 5.08. The lowest BCUT2D eigenvalue weighted by molar-refractivity contribution is 0.109. The molecule has 0 unspecified atom stereocenters. The van der Waals surface area contributed by atoms with E-state index in [1.54, 1.807) is 18.0 Å². The van der Waals surface area contributed by atoms with Gasteiger partial charge in [0.1, 0.15) is 6.10 Å². The van der Waals surface area contributed by atoms with Gasteiger partial charge in [0.25, 0.3) is 5.89 Å². The molecule has 0 aliphatic rings. The predicted molar refractivity (Wildman–Crippen MR) is 79.5 cm³/mol. The van der Waals surface area contributed by atoms with Gasteiger partial charge in [-0.15, -0.1) is 0 Å². The largest absolute Gasteiger partial charge is 0.374 e. The summed E-state index contributed by atoms with van der Waals surface area (Å²) in [6, 6.07) is 5.76. The van der Waals surface area contributed by atoms with E-state index in [1.807, 2.05) is 39.0 Å². The van der Waals surface area contributed by atoms with E-state index in [2.05, 4.69) is 20.2 Å². The van der Waals surface area contributed by atoms with Crippen molar-refractivity contribution in [2.24, 2.45) is 0 Å². The van der Waals surface area contributed by atoms with E-state index in [1.165, 1.54) is 0 Å². The number of nitrogens with zero attached hydrogens (tertiary/aromatic N) is 5. The number of aryl methyl sites for hydroxylation is 2. The van der Waals surface area contributed by atoms with Gasteiger partial charge < -0.3 is 9.26 Å². The third-order valence-corrected chi connectivity index (χ3v) is 3.38. The fraction of sp³-hybridized carbons (Fsp3) is 0.333. The molecule has 3 heterocycles. The summed E-state index contributed by atoms with van der Waals surface area (Å²) in [6.45, 7) is 5.81. The zero-order valence-electron chi connectivity index (χ0n) is 12.9. The molecule has 114 valence electrons. The molecule has 3 aromatic heterocycles. The number of methoxy groups -OCH3 is 1. The van der Waals surface area contributed by atoms with Crippen LogP contribution >= 0.6 is 0 Å². The number of rotatable bonds is 4. The van der Waals surface area contributed by atoms with Gasteiger partial charge >= 0.3 is 0 Å². The number of hydrogen-bond acceptors (Lipinski definition) is 6. The van der Waals surface area contributed by atoms with Crippen LogP contribution in [0.25, 0.3) is 17.3 Å². The highest BCUT2D eigenvalue weighted by Gasteiger charge is 2.14. The maximum atomic E-state index is 5.24. The Morgan fingerprint density at radius 3 is 2.68 bits per heavy atom. The van der Waals surface area contributed by atoms with Gasteiger partial charge in [0.15, 0.2) is 5.82 Å². The Hall–Kier alpha value is -2.54. The fourth-order valence-corrected chi connectivity index (χ4v) is 2.12. The number of hydrogen-bond donors (Lipinski definition) is 0. The summed E-state index contributed by atoms with van der Waals surface area (Å²) < 4.78 is 12.2. The third-order valence-electron chi connectivity index (χ3n) is 3.38. The van der Waals surface area contributed by atoms with Crippen molar-refractivity contribution in [2.45, 2.75) is 26.9 Å². The summed E-state index contributed by atoms with van der Waals surface area (Å²) in [5.41, 5.74) is 2.75. The van der Waals surface area contributed by atoms with Crippen LogP contribution in [0.15, 0.2) is 28.9 Å². The quantitative estimate of drug-likeness (QED) is 0.737. The van der Waals surface area contributed by atoms with Gasteiger partial charge in [0, 0.05) is 19.0 Å². The second kappa shape index (κ2) is 5.69.